The van der Waals surface area contributed by atoms with E-state index in [1.807, 2.05) is 6.92 Å². The van der Waals surface area contributed by atoms with Gasteiger partial charge in [0.2, 0.25) is 10.0 Å². The van der Waals surface area contributed by atoms with Gasteiger partial charge in [0, 0.05) is 16.2 Å². The summed E-state index contributed by atoms with van der Waals surface area (Å²) in [6.07, 6.45) is 3.73. The van der Waals surface area contributed by atoms with E-state index in [0.29, 0.717) is 28.8 Å². The van der Waals surface area contributed by atoms with Crippen molar-refractivity contribution < 1.29 is 13.2 Å². The van der Waals surface area contributed by atoms with Gasteiger partial charge in [0.1, 0.15) is 11.5 Å². The molecular weight excluding hydrogens is 397 g/mol. The molecule has 1 aromatic carbocycles. The molecule has 142 valence electrons. The molecule has 26 heavy (non-hydrogen) atoms. The molecule has 0 aliphatic rings. The second-order valence-corrected chi connectivity index (χ2v) is 8.68. The van der Waals surface area contributed by atoms with Crippen LogP contribution in [0.4, 0.5) is 0 Å². The summed E-state index contributed by atoms with van der Waals surface area (Å²) in [6, 6.07) is 5.16. The maximum Gasteiger partial charge on any atom is 0.284 e. The van der Waals surface area contributed by atoms with E-state index in [1.165, 1.54) is 6.20 Å². The smallest absolute Gasteiger partial charge is 0.284 e. The summed E-state index contributed by atoms with van der Waals surface area (Å²) < 4.78 is 27.7. The fraction of sp³-hybridized carbons (Fsp3) is 0.412. The van der Waals surface area contributed by atoms with Crippen molar-refractivity contribution in [3.63, 3.8) is 0 Å². The molecule has 1 amide bonds. The molecule has 0 saturated heterocycles. The van der Waals surface area contributed by atoms with Gasteiger partial charge in [0.05, 0.1) is 12.3 Å². The molecule has 2 rings (SSSR count). The van der Waals surface area contributed by atoms with E-state index >= 15 is 0 Å². The van der Waals surface area contributed by atoms with Crippen LogP contribution < -0.4 is 4.72 Å². The Bertz CT molecular complexity index is 895. The number of nitrogens with zero attached hydrogens (tertiary/aromatic N) is 2. The fourth-order valence-corrected chi connectivity index (χ4v) is 3.94. The van der Waals surface area contributed by atoms with Gasteiger partial charge >= 0.3 is 0 Å². The molecule has 0 unspecified atom stereocenters. The number of imidazole rings is 1. The van der Waals surface area contributed by atoms with Gasteiger partial charge in [-0.05, 0) is 31.0 Å². The number of hydrogen-bond donors (Lipinski definition) is 1. The Hall–Kier alpha value is -1.57. The molecule has 0 radical (unpaired) electrons. The van der Waals surface area contributed by atoms with E-state index < -0.39 is 15.9 Å². The van der Waals surface area contributed by atoms with Crippen molar-refractivity contribution in [2.75, 3.05) is 5.75 Å². The van der Waals surface area contributed by atoms with Gasteiger partial charge in [-0.15, -0.1) is 0 Å². The average Bonchev–Trinajstić information content (AvgIpc) is 2.91. The van der Waals surface area contributed by atoms with Crippen LogP contribution in [0, 0.1) is 6.92 Å². The molecule has 6 nitrogen and oxygen atoms in total. The number of hydrogen-bond acceptors (Lipinski definition) is 4. The molecule has 0 aliphatic carbocycles. The van der Waals surface area contributed by atoms with Crippen LogP contribution >= 0.6 is 23.2 Å². The molecule has 1 heterocycles. The summed E-state index contributed by atoms with van der Waals surface area (Å²) in [7, 11) is -3.66. The zero-order chi connectivity index (χ0) is 19.3. The van der Waals surface area contributed by atoms with E-state index in [-0.39, 0.29) is 11.4 Å². The van der Waals surface area contributed by atoms with Crippen LogP contribution in [0.5, 0.6) is 0 Å². The first-order chi connectivity index (χ1) is 12.2. The number of aryl methyl sites for hydroxylation is 1. The summed E-state index contributed by atoms with van der Waals surface area (Å²) >= 11 is 12.1. The van der Waals surface area contributed by atoms with Gasteiger partial charge in [-0.25, -0.2) is 18.1 Å². The Kier molecular flexibility index (Phi) is 7.08. The Morgan fingerprint density at radius 2 is 2.00 bits per heavy atom. The Morgan fingerprint density at radius 1 is 1.27 bits per heavy atom. The predicted octanol–water partition coefficient (Wildman–Crippen LogP) is 3.80. The first-order valence-corrected chi connectivity index (χ1v) is 10.6. The lowest BCUT2D eigenvalue weighted by molar-refractivity contribution is 0.0977. The van der Waals surface area contributed by atoms with E-state index in [9.17, 15) is 13.2 Å². The van der Waals surface area contributed by atoms with Crippen molar-refractivity contribution >= 4 is 39.1 Å². The molecule has 1 N–H and O–H groups in total. The summed E-state index contributed by atoms with van der Waals surface area (Å²) in [5.74, 6) is -0.234. The molecule has 0 bridgehead atoms. The zero-order valence-corrected chi connectivity index (χ0v) is 17.0. The van der Waals surface area contributed by atoms with Crippen molar-refractivity contribution in [2.45, 2.75) is 39.7 Å². The highest BCUT2D eigenvalue weighted by molar-refractivity contribution is 7.90. The zero-order valence-electron chi connectivity index (χ0n) is 14.6. The highest BCUT2D eigenvalue weighted by Crippen LogP contribution is 2.22. The molecule has 2 aromatic rings. The van der Waals surface area contributed by atoms with Crippen LogP contribution in [0.3, 0.4) is 0 Å². The van der Waals surface area contributed by atoms with Gasteiger partial charge in [-0.1, -0.05) is 49.0 Å². The van der Waals surface area contributed by atoms with Crippen molar-refractivity contribution in [2.24, 2.45) is 0 Å². The van der Waals surface area contributed by atoms with Crippen molar-refractivity contribution in [1.29, 1.82) is 0 Å². The van der Waals surface area contributed by atoms with Crippen LogP contribution in [0.25, 0.3) is 0 Å². The van der Waals surface area contributed by atoms with Crippen molar-refractivity contribution in [3.05, 3.63) is 51.5 Å². The number of amides is 1. The van der Waals surface area contributed by atoms with Crippen molar-refractivity contribution in [1.82, 2.24) is 14.3 Å². The largest absolute Gasteiger partial charge is 0.330 e. The Balaban J connectivity index is 2.10. The minimum absolute atomic E-state index is 0.0478. The number of sulfonamides is 1. The molecule has 0 fully saturated rings. The maximum absolute atomic E-state index is 12.2. The number of benzene rings is 1. The summed E-state index contributed by atoms with van der Waals surface area (Å²) in [4.78, 5) is 16.4. The molecule has 1 aromatic heterocycles. The topological polar surface area (TPSA) is 81.1 Å². The lowest BCUT2D eigenvalue weighted by Crippen LogP contribution is -2.32. The summed E-state index contributed by atoms with van der Waals surface area (Å²) in [5, 5.41) is 1.05. The molecule has 9 heteroatoms. The number of unbranched alkanes of at least 4 members (excludes halogenated alkanes) is 2. The maximum atomic E-state index is 12.2. The van der Waals surface area contributed by atoms with Crippen LogP contribution in [0.1, 0.15) is 48.1 Å². The minimum atomic E-state index is -3.66. The van der Waals surface area contributed by atoms with E-state index in [0.717, 1.165) is 18.4 Å². The number of rotatable bonds is 8. The number of halogens is 2. The molecule has 0 aliphatic heterocycles. The van der Waals surface area contributed by atoms with Crippen LogP contribution in [-0.2, 0) is 16.6 Å². The van der Waals surface area contributed by atoms with Gasteiger partial charge in [0.25, 0.3) is 5.91 Å². The number of carbonyl (C=O) groups excluding carboxylic acids is 1. The van der Waals surface area contributed by atoms with Gasteiger partial charge < -0.3 is 4.57 Å². The lowest BCUT2D eigenvalue weighted by Gasteiger charge is -2.07. The Morgan fingerprint density at radius 3 is 2.65 bits per heavy atom. The van der Waals surface area contributed by atoms with Gasteiger partial charge in [0.15, 0.2) is 0 Å². The van der Waals surface area contributed by atoms with Crippen LogP contribution in [0.2, 0.25) is 10.0 Å². The van der Waals surface area contributed by atoms with E-state index in [1.54, 1.807) is 29.7 Å². The summed E-state index contributed by atoms with van der Waals surface area (Å²) in [6.45, 7) is 4.11. The molecule has 0 atom stereocenters. The quantitative estimate of drug-likeness (QED) is 0.662. The normalized spacial score (nSPS) is 11.5. The summed E-state index contributed by atoms with van der Waals surface area (Å²) in [5.41, 5.74) is 0.863. The van der Waals surface area contributed by atoms with E-state index in [2.05, 4.69) is 9.71 Å². The number of nitrogens with one attached hydrogen (secondary N) is 1. The first kappa shape index (κ1) is 20.7. The molecule has 0 saturated carbocycles. The Labute approximate surface area is 163 Å². The minimum Gasteiger partial charge on any atom is -0.330 e. The second kappa shape index (κ2) is 8.88. The first-order valence-electron chi connectivity index (χ1n) is 8.24. The molecular formula is C17H21Cl2N3O3S. The lowest BCUT2D eigenvalue weighted by atomic mass is 10.2. The van der Waals surface area contributed by atoms with Crippen molar-refractivity contribution in [3.8, 4) is 0 Å². The predicted molar refractivity (Wildman–Crippen MR) is 103 cm³/mol. The fourth-order valence-electron chi connectivity index (χ4n) is 2.40. The average molecular weight is 418 g/mol. The second-order valence-electron chi connectivity index (χ2n) is 5.99. The third-order valence-corrected chi connectivity index (χ3v) is 5.74. The van der Waals surface area contributed by atoms with Gasteiger partial charge in [-0.3, -0.25) is 4.79 Å². The highest BCUT2D eigenvalue weighted by atomic mass is 35.5. The number of carbonyl (C=O) groups is 1. The SMILES string of the molecule is CCCCCS(=O)(=O)NC(=O)c1cn(Cc2ccc(Cl)cc2Cl)c(C)n1. The third-order valence-electron chi connectivity index (χ3n) is 3.83. The van der Waals surface area contributed by atoms with Gasteiger partial charge in [-0.2, -0.15) is 0 Å². The highest BCUT2D eigenvalue weighted by Gasteiger charge is 2.19. The van der Waals surface area contributed by atoms with Crippen LogP contribution in [-0.4, -0.2) is 29.6 Å². The number of aromatic nitrogens is 2. The van der Waals surface area contributed by atoms with Crippen LogP contribution in [0.15, 0.2) is 24.4 Å². The van der Waals surface area contributed by atoms with E-state index in [4.69, 9.17) is 23.2 Å². The monoisotopic (exact) mass is 417 g/mol. The third kappa shape index (κ3) is 5.72. The molecule has 0 spiro atoms. The standard InChI is InChI=1S/C17H21Cl2N3O3S/c1-3-4-5-8-26(24,25)21-17(23)16-11-22(12(2)20-16)10-13-6-7-14(18)9-15(13)19/h6-7,9,11H,3-5,8,10H2,1-2H3,(H,21,23).